The van der Waals surface area contributed by atoms with E-state index in [4.69, 9.17) is 5.11 Å². The molecule has 0 aromatic rings. The average Bonchev–Trinajstić information content (AvgIpc) is 2.95. The van der Waals surface area contributed by atoms with Crippen LogP contribution in [-0.2, 0) is 14.4 Å². The van der Waals surface area contributed by atoms with Crippen molar-refractivity contribution >= 4 is 17.7 Å². The molecule has 1 aliphatic carbocycles. The van der Waals surface area contributed by atoms with Gasteiger partial charge >= 0.3 is 5.97 Å². The van der Waals surface area contributed by atoms with Gasteiger partial charge in [-0.05, 0) is 25.2 Å². The van der Waals surface area contributed by atoms with Crippen LogP contribution in [0.5, 0.6) is 0 Å². The molecule has 0 spiro atoms. The zero-order chi connectivity index (χ0) is 11.9. The first-order valence-electron chi connectivity index (χ1n) is 5.53. The highest BCUT2D eigenvalue weighted by Crippen LogP contribution is 2.45. The van der Waals surface area contributed by atoms with Crippen LogP contribution in [-0.4, -0.2) is 28.3 Å². The molecule has 1 saturated heterocycles. The summed E-state index contributed by atoms with van der Waals surface area (Å²) in [6.07, 6.45) is 1.93. The van der Waals surface area contributed by atoms with Crippen LogP contribution >= 0.6 is 0 Å². The van der Waals surface area contributed by atoms with Gasteiger partial charge in [-0.2, -0.15) is 0 Å². The Hall–Kier alpha value is -1.39. The summed E-state index contributed by atoms with van der Waals surface area (Å²) in [5, 5.41) is 11.6. The van der Waals surface area contributed by atoms with Crippen LogP contribution < -0.4 is 5.32 Å². The smallest absolute Gasteiger partial charge is 0.306 e. The summed E-state index contributed by atoms with van der Waals surface area (Å²) in [6.45, 7) is 1.57. The highest BCUT2D eigenvalue weighted by atomic mass is 16.4. The van der Waals surface area contributed by atoms with Crippen molar-refractivity contribution in [3.8, 4) is 0 Å². The molecule has 5 heteroatoms. The van der Waals surface area contributed by atoms with Crippen LogP contribution in [0.1, 0.15) is 32.6 Å². The normalized spacial score (nSPS) is 31.3. The van der Waals surface area contributed by atoms with Crippen molar-refractivity contribution in [1.82, 2.24) is 5.32 Å². The molecule has 2 fully saturated rings. The molecule has 0 radical (unpaired) electrons. The van der Waals surface area contributed by atoms with Crippen LogP contribution in [0, 0.1) is 11.8 Å². The Morgan fingerprint density at radius 3 is 2.56 bits per heavy atom. The first-order chi connectivity index (χ1) is 7.45. The van der Waals surface area contributed by atoms with Crippen LogP contribution in [0.15, 0.2) is 0 Å². The van der Waals surface area contributed by atoms with Crippen molar-refractivity contribution in [2.24, 2.45) is 11.8 Å². The van der Waals surface area contributed by atoms with Gasteiger partial charge in [0, 0.05) is 0 Å². The van der Waals surface area contributed by atoms with Gasteiger partial charge in [0.2, 0.25) is 5.91 Å². The van der Waals surface area contributed by atoms with E-state index in [0.717, 1.165) is 12.8 Å². The molecule has 2 aliphatic rings. The summed E-state index contributed by atoms with van der Waals surface area (Å²) >= 11 is 0. The molecule has 0 unspecified atom stereocenters. The fourth-order valence-corrected chi connectivity index (χ4v) is 2.47. The third-order valence-corrected chi connectivity index (χ3v) is 3.51. The van der Waals surface area contributed by atoms with Crippen molar-refractivity contribution < 1.29 is 19.5 Å². The number of rotatable bonds is 4. The van der Waals surface area contributed by atoms with E-state index in [1.807, 2.05) is 0 Å². The Kier molecular flexibility index (Phi) is 2.48. The molecule has 0 bridgehead atoms. The van der Waals surface area contributed by atoms with Crippen LogP contribution in [0.2, 0.25) is 0 Å². The molecule has 88 valence electrons. The molecule has 1 aliphatic heterocycles. The Labute approximate surface area is 93.2 Å². The highest BCUT2D eigenvalue weighted by Gasteiger charge is 2.56. The van der Waals surface area contributed by atoms with Crippen LogP contribution in [0.4, 0.5) is 0 Å². The van der Waals surface area contributed by atoms with E-state index in [0.29, 0.717) is 0 Å². The summed E-state index contributed by atoms with van der Waals surface area (Å²) in [4.78, 5) is 34.0. The van der Waals surface area contributed by atoms with E-state index >= 15 is 0 Å². The number of amides is 1. The number of nitrogens with one attached hydrogen (secondary N) is 1. The minimum absolute atomic E-state index is 0.0944. The highest BCUT2D eigenvalue weighted by molar-refractivity contribution is 6.10. The molecule has 2 N–H and O–H groups in total. The van der Waals surface area contributed by atoms with Gasteiger partial charge in [0.05, 0.1) is 12.3 Å². The van der Waals surface area contributed by atoms with E-state index in [9.17, 15) is 14.4 Å². The lowest BCUT2D eigenvalue weighted by atomic mass is 9.81. The van der Waals surface area contributed by atoms with Crippen molar-refractivity contribution in [2.75, 3.05) is 0 Å². The minimum Gasteiger partial charge on any atom is -0.481 e. The topological polar surface area (TPSA) is 83.5 Å². The fourth-order valence-electron chi connectivity index (χ4n) is 2.47. The maximum absolute atomic E-state index is 11.9. The maximum atomic E-state index is 11.9. The number of carbonyl (C=O) groups excluding carboxylic acids is 2. The van der Waals surface area contributed by atoms with E-state index in [-0.39, 0.29) is 30.4 Å². The number of aliphatic carboxylic acids is 1. The third-order valence-electron chi connectivity index (χ3n) is 3.51. The van der Waals surface area contributed by atoms with Crippen LogP contribution in [0.25, 0.3) is 0 Å². The van der Waals surface area contributed by atoms with Gasteiger partial charge in [-0.3, -0.25) is 14.4 Å². The maximum Gasteiger partial charge on any atom is 0.306 e. The molecule has 1 amide bonds. The molecule has 0 aromatic heterocycles. The number of carboxylic acids is 1. The summed E-state index contributed by atoms with van der Waals surface area (Å²) in [5.41, 5.74) is -0.880. The van der Waals surface area contributed by atoms with Gasteiger partial charge in [-0.25, -0.2) is 0 Å². The summed E-state index contributed by atoms with van der Waals surface area (Å²) in [7, 11) is 0. The summed E-state index contributed by atoms with van der Waals surface area (Å²) in [5.74, 6) is -1.78. The zero-order valence-electron chi connectivity index (χ0n) is 9.16. The largest absolute Gasteiger partial charge is 0.481 e. The van der Waals surface area contributed by atoms with E-state index < -0.39 is 17.4 Å². The van der Waals surface area contributed by atoms with Crippen molar-refractivity contribution in [1.29, 1.82) is 0 Å². The zero-order valence-corrected chi connectivity index (χ0v) is 9.16. The Morgan fingerprint density at radius 1 is 1.56 bits per heavy atom. The second-order valence-corrected chi connectivity index (χ2v) is 4.84. The first-order valence-corrected chi connectivity index (χ1v) is 5.53. The molecule has 2 atom stereocenters. The minimum atomic E-state index is -0.922. The second-order valence-electron chi connectivity index (χ2n) is 4.84. The predicted molar refractivity (Wildman–Crippen MR) is 54.6 cm³/mol. The van der Waals surface area contributed by atoms with Gasteiger partial charge in [0.15, 0.2) is 5.78 Å². The molecule has 0 aromatic carbocycles. The summed E-state index contributed by atoms with van der Waals surface area (Å²) < 4.78 is 0. The van der Waals surface area contributed by atoms with Crippen molar-refractivity contribution in [3.05, 3.63) is 0 Å². The average molecular weight is 225 g/mol. The second kappa shape index (κ2) is 3.57. The van der Waals surface area contributed by atoms with Crippen molar-refractivity contribution in [3.63, 3.8) is 0 Å². The van der Waals surface area contributed by atoms with Gasteiger partial charge in [0.25, 0.3) is 0 Å². The lowest BCUT2D eigenvalue weighted by Crippen LogP contribution is -2.50. The SMILES string of the molecule is C[C@@H](C[C@@]1(C2CC2)NC(=O)CC1=O)C(=O)O. The molecular formula is C11H15NO4. The number of carboxylic acid groups (broad SMARTS) is 1. The number of carbonyl (C=O) groups is 3. The van der Waals surface area contributed by atoms with Gasteiger partial charge in [-0.15, -0.1) is 0 Å². The number of ketones is 1. The van der Waals surface area contributed by atoms with E-state index in [2.05, 4.69) is 5.32 Å². The quantitative estimate of drug-likeness (QED) is 0.675. The molecule has 5 nitrogen and oxygen atoms in total. The number of hydrogen-bond donors (Lipinski definition) is 2. The van der Waals surface area contributed by atoms with Gasteiger partial charge in [0.1, 0.15) is 5.54 Å². The Morgan fingerprint density at radius 2 is 2.19 bits per heavy atom. The Balaban J connectivity index is 2.19. The molecule has 16 heavy (non-hydrogen) atoms. The summed E-state index contributed by atoms with van der Waals surface area (Å²) in [6, 6.07) is 0. The van der Waals surface area contributed by atoms with Crippen LogP contribution in [0.3, 0.4) is 0 Å². The van der Waals surface area contributed by atoms with Crippen molar-refractivity contribution in [2.45, 2.75) is 38.1 Å². The third kappa shape index (κ3) is 1.70. The molecular weight excluding hydrogens is 210 g/mol. The van der Waals surface area contributed by atoms with Gasteiger partial charge in [-0.1, -0.05) is 6.92 Å². The number of Topliss-reactive ketones (excluding diaryl/α,β-unsaturated/α-hetero) is 1. The Bertz CT molecular complexity index is 361. The van der Waals surface area contributed by atoms with E-state index in [1.165, 1.54) is 0 Å². The predicted octanol–water partition coefficient (Wildman–Crippen LogP) is 0.335. The number of hydrogen-bond acceptors (Lipinski definition) is 3. The van der Waals surface area contributed by atoms with Gasteiger partial charge < -0.3 is 10.4 Å². The monoisotopic (exact) mass is 225 g/mol. The fraction of sp³-hybridized carbons (Fsp3) is 0.727. The molecule has 2 rings (SSSR count). The first kappa shape index (κ1) is 11.1. The standard InChI is InChI=1S/C11H15NO4/c1-6(10(15)16)5-11(7-2-3-7)8(13)4-9(14)12-11/h6-7H,2-5H2,1H3,(H,12,14)(H,15,16)/t6-,11-/m0/s1. The molecule has 1 heterocycles. The lowest BCUT2D eigenvalue weighted by Gasteiger charge is -2.29. The van der Waals surface area contributed by atoms with E-state index in [1.54, 1.807) is 6.92 Å². The molecule has 1 saturated carbocycles. The lowest BCUT2D eigenvalue weighted by molar-refractivity contribution is -0.142.